The number of amides is 1. The number of hydrogen-bond donors (Lipinski definition) is 1. The summed E-state index contributed by atoms with van der Waals surface area (Å²) < 4.78 is 1.96. The van der Waals surface area contributed by atoms with Crippen LogP contribution in [-0.4, -0.2) is 38.0 Å². The third kappa shape index (κ3) is 6.52. The molecule has 0 heterocycles. The molecule has 0 radical (unpaired) electrons. The monoisotopic (exact) mass is 376 g/mol. The van der Waals surface area contributed by atoms with Gasteiger partial charge in [-0.1, -0.05) is 31.9 Å². The first-order valence-electron chi connectivity index (χ1n) is 5.84. The van der Waals surface area contributed by atoms with E-state index in [2.05, 4.69) is 42.1 Å². The van der Waals surface area contributed by atoms with Gasteiger partial charge in [-0.05, 0) is 50.8 Å². The van der Waals surface area contributed by atoms with E-state index in [-0.39, 0.29) is 5.91 Å². The fourth-order valence-corrected chi connectivity index (χ4v) is 2.97. The molecule has 1 N–H and O–H groups in total. The van der Waals surface area contributed by atoms with Crippen molar-refractivity contribution in [3.05, 3.63) is 32.7 Å². The molecule has 0 aliphatic heterocycles. The third-order valence-electron chi connectivity index (χ3n) is 2.39. The molecule has 1 rings (SSSR count). The standard InChI is InChI=1S/C13H18Br2N2O/c1-17(2)5-3-4-16-13(18)8-10-6-11(14)9-12(15)7-10/h6-7,9H,3-5,8H2,1-2H3,(H,16,18). The van der Waals surface area contributed by atoms with Gasteiger partial charge in [0.05, 0.1) is 6.42 Å². The van der Waals surface area contributed by atoms with Gasteiger partial charge in [0.1, 0.15) is 0 Å². The number of hydrogen-bond acceptors (Lipinski definition) is 2. The normalized spacial score (nSPS) is 10.7. The van der Waals surface area contributed by atoms with E-state index in [0.29, 0.717) is 6.42 Å². The minimum absolute atomic E-state index is 0.0683. The lowest BCUT2D eigenvalue weighted by atomic mass is 10.1. The molecule has 18 heavy (non-hydrogen) atoms. The zero-order valence-corrected chi connectivity index (χ0v) is 13.8. The first-order chi connectivity index (χ1) is 8.47. The van der Waals surface area contributed by atoms with Gasteiger partial charge in [-0.2, -0.15) is 0 Å². The smallest absolute Gasteiger partial charge is 0.224 e. The fraction of sp³-hybridized carbons (Fsp3) is 0.462. The van der Waals surface area contributed by atoms with Crippen LogP contribution < -0.4 is 5.32 Å². The quantitative estimate of drug-likeness (QED) is 0.773. The summed E-state index contributed by atoms with van der Waals surface area (Å²) in [4.78, 5) is 13.8. The van der Waals surface area contributed by atoms with Crippen LogP contribution in [0.25, 0.3) is 0 Å². The van der Waals surface area contributed by atoms with E-state index in [0.717, 1.165) is 34.0 Å². The number of benzene rings is 1. The van der Waals surface area contributed by atoms with E-state index in [9.17, 15) is 4.79 Å². The summed E-state index contributed by atoms with van der Waals surface area (Å²) in [5.74, 6) is 0.0683. The molecule has 1 aromatic rings. The fourth-order valence-electron chi connectivity index (χ4n) is 1.58. The van der Waals surface area contributed by atoms with Gasteiger partial charge in [-0.3, -0.25) is 4.79 Å². The third-order valence-corrected chi connectivity index (χ3v) is 3.31. The Morgan fingerprint density at radius 3 is 2.39 bits per heavy atom. The van der Waals surface area contributed by atoms with Gasteiger partial charge in [0.25, 0.3) is 0 Å². The van der Waals surface area contributed by atoms with Crippen molar-refractivity contribution in [2.24, 2.45) is 0 Å². The molecule has 3 nitrogen and oxygen atoms in total. The molecule has 0 fully saturated rings. The molecule has 0 aliphatic rings. The van der Waals surface area contributed by atoms with Crippen LogP contribution in [0.1, 0.15) is 12.0 Å². The van der Waals surface area contributed by atoms with Gasteiger partial charge in [0.2, 0.25) is 5.91 Å². The SMILES string of the molecule is CN(C)CCCNC(=O)Cc1cc(Br)cc(Br)c1. The molecule has 0 saturated heterocycles. The summed E-state index contributed by atoms with van der Waals surface area (Å²) in [7, 11) is 4.06. The molecule has 5 heteroatoms. The highest BCUT2D eigenvalue weighted by molar-refractivity contribution is 9.11. The summed E-state index contributed by atoms with van der Waals surface area (Å²) in [6, 6.07) is 5.88. The lowest BCUT2D eigenvalue weighted by Gasteiger charge is -2.10. The molecular formula is C13H18Br2N2O. The summed E-state index contributed by atoms with van der Waals surface area (Å²) in [6.45, 7) is 1.72. The van der Waals surface area contributed by atoms with Crippen molar-refractivity contribution in [1.82, 2.24) is 10.2 Å². The average molecular weight is 378 g/mol. The van der Waals surface area contributed by atoms with Crippen molar-refractivity contribution in [2.45, 2.75) is 12.8 Å². The Hall–Kier alpha value is -0.390. The average Bonchev–Trinajstić information content (AvgIpc) is 2.22. The molecular weight excluding hydrogens is 360 g/mol. The maximum absolute atomic E-state index is 11.7. The van der Waals surface area contributed by atoms with Gasteiger partial charge >= 0.3 is 0 Å². The second kappa shape index (κ2) is 7.92. The number of carbonyl (C=O) groups is 1. The van der Waals surface area contributed by atoms with Crippen LogP contribution in [-0.2, 0) is 11.2 Å². The Labute approximate surface area is 125 Å². The highest BCUT2D eigenvalue weighted by atomic mass is 79.9. The summed E-state index contributed by atoms with van der Waals surface area (Å²) in [5, 5.41) is 2.93. The highest BCUT2D eigenvalue weighted by Crippen LogP contribution is 2.20. The number of rotatable bonds is 6. The van der Waals surface area contributed by atoms with Crippen molar-refractivity contribution in [3.8, 4) is 0 Å². The van der Waals surface area contributed by atoms with Gasteiger partial charge in [-0.25, -0.2) is 0 Å². The van der Waals surface area contributed by atoms with Crippen molar-refractivity contribution >= 4 is 37.8 Å². The Morgan fingerprint density at radius 2 is 1.83 bits per heavy atom. The number of nitrogens with one attached hydrogen (secondary N) is 1. The molecule has 100 valence electrons. The first kappa shape index (κ1) is 15.7. The van der Waals surface area contributed by atoms with E-state index in [1.807, 2.05) is 32.3 Å². The minimum atomic E-state index is 0.0683. The highest BCUT2D eigenvalue weighted by Gasteiger charge is 2.04. The Balaban J connectivity index is 2.35. The van der Waals surface area contributed by atoms with E-state index < -0.39 is 0 Å². The molecule has 0 unspecified atom stereocenters. The Bertz CT molecular complexity index is 388. The van der Waals surface area contributed by atoms with E-state index in [1.165, 1.54) is 0 Å². The van der Waals surface area contributed by atoms with Crippen LogP contribution in [0.3, 0.4) is 0 Å². The molecule has 0 bridgehead atoms. The van der Waals surface area contributed by atoms with Crippen LogP contribution in [0.5, 0.6) is 0 Å². The minimum Gasteiger partial charge on any atom is -0.356 e. The van der Waals surface area contributed by atoms with Crippen molar-refractivity contribution < 1.29 is 4.79 Å². The number of carbonyl (C=O) groups excluding carboxylic acids is 1. The molecule has 0 saturated carbocycles. The van der Waals surface area contributed by atoms with Crippen LogP contribution >= 0.6 is 31.9 Å². The topological polar surface area (TPSA) is 32.3 Å². The van der Waals surface area contributed by atoms with Crippen LogP contribution in [0.15, 0.2) is 27.1 Å². The summed E-state index contributed by atoms with van der Waals surface area (Å²) in [5.41, 5.74) is 1.00. The van der Waals surface area contributed by atoms with Crippen molar-refractivity contribution in [1.29, 1.82) is 0 Å². The van der Waals surface area contributed by atoms with Crippen LogP contribution in [0.4, 0.5) is 0 Å². The maximum Gasteiger partial charge on any atom is 0.224 e. The van der Waals surface area contributed by atoms with Gasteiger partial charge in [-0.15, -0.1) is 0 Å². The second-order valence-electron chi connectivity index (χ2n) is 4.46. The van der Waals surface area contributed by atoms with Gasteiger partial charge < -0.3 is 10.2 Å². The lowest BCUT2D eigenvalue weighted by molar-refractivity contribution is -0.120. The van der Waals surface area contributed by atoms with E-state index >= 15 is 0 Å². The Morgan fingerprint density at radius 1 is 1.22 bits per heavy atom. The summed E-state index contributed by atoms with van der Waals surface area (Å²) >= 11 is 6.83. The molecule has 1 amide bonds. The van der Waals surface area contributed by atoms with Crippen LogP contribution in [0, 0.1) is 0 Å². The maximum atomic E-state index is 11.7. The lowest BCUT2D eigenvalue weighted by Crippen LogP contribution is -2.28. The zero-order valence-electron chi connectivity index (χ0n) is 10.7. The molecule has 0 spiro atoms. The molecule has 1 aromatic carbocycles. The van der Waals surface area contributed by atoms with Gasteiger partial charge in [0, 0.05) is 15.5 Å². The largest absolute Gasteiger partial charge is 0.356 e. The first-order valence-corrected chi connectivity index (χ1v) is 7.42. The number of halogens is 2. The predicted molar refractivity (Wildman–Crippen MR) is 81.7 cm³/mol. The predicted octanol–water partition coefficient (Wildman–Crippen LogP) is 2.82. The Kier molecular flexibility index (Phi) is 6.89. The van der Waals surface area contributed by atoms with E-state index in [1.54, 1.807) is 0 Å². The van der Waals surface area contributed by atoms with Gasteiger partial charge in [0.15, 0.2) is 0 Å². The molecule has 0 aromatic heterocycles. The molecule has 0 atom stereocenters. The second-order valence-corrected chi connectivity index (χ2v) is 6.29. The number of nitrogens with zero attached hydrogens (tertiary/aromatic N) is 1. The van der Waals surface area contributed by atoms with Crippen molar-refractivity contribution in [3.63, 3.8) is 0 Å². The van der Waals surface area contributed by atoms with Crippen molar-refractivity contribution in [2.75, 3.05) is 27.2 Å². The van der Waals surface area contributed by atoms with Crippen LogP contribution in [0.2, 0.25) is 0 Å². The summed E-state index contributed by atoms with van der Waals surface area (Å²) in [6.07, 6.45) is 1.39. The zero-order chi connectivity index (χ0) is 13.5. The molecule has 0 aliphatic carbocycles. The van der Waals surface area contributed by atoms with E-state index in [4.69, 9.17) is 0 Å².